The minimum atomic E-state index is -0.0993. The molecule has 118 valence electrons. The zero-order valence-electron chi connectivity index (χ0n) is 12.5. The van der Waals surface area contributed by atoms with Gasteiger partial charge in [0.15, 0.2) is 0 Å². The molecule has 0 aliphatic heterocycles. The number of H-pyrrole nitrogens is 1. The van der Waals surface area contributed by atoms with Crippen molar-refractivity contribution in [2.24, 2.45) is 0 Å². The Balaban J connectivity index is 1.63. The largest absolute Gasteiger partial charge is 0.366 e. The first-order valence-electron chi connectivity index (χ1n) is 7.04. The highest BCUT2D eigenvalue weighted by Gasteiger charge is 2.05. The van der Waals surface area contributed by atoms with Crippen LogP contribution in [0.3, 0.4) is 0 Å². The Morgan fingerprint density at radius 3 is 3.09 bits per heavy atom. The summed E-state index contributed by atoms with van der Waals surface area (Å²) in [4.78, 5) is 20.3. The quantitative estimate of drug-likeness (QED) is 0.696. The summed E-state index contributed by atoms with van der Waals surface area (Å²) >= 11 is 8.61. The Morgan fingerprint density at radius 1 is 1.43 bits per heavy atom. The third-order valence-corrected chi connectivity index (χ3v) is 5.50. The molecule has 0 saturated heterocycles. The van der Waals surface area contributed by atoms with Crippen LogP contribution in [0, 0.1) is 6.92 Å². The smallest absolute Gasteiger partial charge is 0.258 e. The van der Waals surface area contributed by atoms with E-state index < -0.39 is 0 Å². The molecule has 0 atom stereocenters. The molecule has 0 aliphatic rings. The second-order valence-corrected chi connectivity index (χ2v) is 7.70. The fraction of sp³-hybridized carbons (Fsp3) is 0.188. The number of nitrogens with one attached hydrogen (secondary N) is 2. The summed E-state index contributed by atoms with van der Waals surface area (Å²) in [6.45, 7) is 2.53. The lowest BCUT2D eigenvalue weighted by Gasteiger charge is -2.07. The van der Waals surface area contributed by atoms with E-state index >= 15 is 0 Å². The number of thiocarbonyl (C=S) groups is 1. The molecule has 0 amide bonds. The highest BCUT2D eigenvalue weighted by atomic mass is 32.2. The number of thiophene rings is 1. The summed E-state index contributed by atoms with van der Waals surface area (Å²) in [6.07, 6.45) is 0. The maximum Gasteiger partial charge on any atom is 0.258 e. The van der Waals surface area contributed by atoms with Crippen molar-refractivity contribution in [3.05, 3.63) is 62.3 Å². The molecule has 3 aromatic rings. The number of aromatic nitrogens is 2. The van der Waals surface area contributed by atoms with Crippen LogP contribution in [0.5, 0.6) is 0 Å². The van der Waals surface area contributed by atoms with Gasteiger partial charge in [-0.05, 0) is 36.1 Å². The molecule has 0 saturated carbocycles. The van der Waals surface area contributed by atoms with Gasteiger partial charge in [0.2, 0.25) is 0 Å². The molecular formula is C16H15N3OS3. The van der Waals surface area contributed by atoms with Gasteiger partial charge in [0, 0.05) is 10.6 Å². The van der Waals surface area contributed by atoms with Crippen molar-refractivity contribution in [1.82, 2.24) is 15.3 Å². The topological polar surface area (TPSA) is 57.8 Å². The first kappa shape index (κ1) is 16.2. The van der Waals surface area contributed by atoms with Gasteiger partial charge in [-0.25, -0.2) is 4.98 Å². The molecule has 2 N–H and O–H groups in total. The third kappa shape index (κ3) is 4.19. The van der Waals surface area contributed by atoms with E-state index in [4.69, 9.17) is 12.2 Å². The molecule has 4 nitrogen and oxygen atoms in total. The van der Waals surface area contributed by atoms with E-state index in [0.29, 0.717) is 11.2 Å². The first-order valence-corrected chi connectivity index (χ1v) is 9.32. The predicted molar refractivity (Wildman–Crippen MR) is 102 cm³/mol. The molecule has 0 fully saturated rings. The van der Waals surface area contributed by atoms with E-state index in [0.717, 1.165) is 27.7 Å². The number of aryl methyl sites for hydroxylation is 1. The number of rotatable bonds is 4. The standard InChI is InChI=1S/C16H15N3OS3/c1-10-18-14-5-4-11(7-13(14)15(20)19-10)9-23-16(21)17-8-12-3-2-6-22-12/h2-7H,8-9H2,1H3,(H,17,21)(H,18,19,20). The Kier molecular flexibility index (Phi) is 5.09. The summed E-state index contributed by atoms with van der Waals surface area (Å²) in [5.41, 5.74) is 1.68. The van der Waals surface area contributed by atoms with Crippen molar-refractivity contribution >= 4 is 50.5 Å². The van der Waals surface area contributed by atoms with Crippen molar-refractivity contribution in [2.75, 3.05) is 0 Å². The Hall–Kier alpha value is -1.70. The lowest BCUT2D eigenvalue weighted by Crippen LogP contribution is -2.17. The summed E-state index contributed by atoms with van der Waals surface area (Å²) in [6, 6.07) is 9.87. The normalized spacial score (nSPS) is 10.8. The van der Waals surface area contributed by atoms with Gasteiger partial charge in [-0.2, -0.15) is 0 Å². The van der Waals surface area contributed by atoms with Crippen LogP contribution in [0.25, 0.3) is 10.9 Å². The lowest BCUT2D eigenvalue weighted by atomic mass is 10.2. The minimum Gasteiger partial charge on any atom is -0.366 e. The Morgan fingerprint density at radius 2 is 2.30 bits per heavy atom. The molecule has 2 heterocycles. The van der Waals surface area contributed by atoms with Crippen LogP contribution >= 0.6 is 35.3 Å². The number of aromatic amines is 1. The van der Waals surface area contributed by atoms with Crippen LogP contribution in [-0.4, -0.2) is 14.3 Å². The second kappa shape index (κ2) is 7.25. The number of thioether (sulfide) groups is 1. The molecule has 23 heavy (non-hydrogen) atoms. The minimum absolute atomic E-state index is 0.0993. The fourth-order valence-corrected chi connectivity index (χ4v) is 3.71. The number of fused-ring (bicyclic) bond motifs is 1. The lowest BCUT2D eigenvalue weighted by molar-refractivity contribution is 0.962. The van der Waals surface area contributed by atoms with Crippen molar-refractivity contribution in [2.45, 2.75) is 19.2 Å². The van der Waals surface area contributed by atoms with Gasteiger partial charge in [-0.1, -0.05) is 36.1 Å². The van der Waals surface area contributed by atoms with Crippen LogP contribution < -0.4 is 10.9 Å². The van der Waals surface area contributed by atoms with Crippen LogP contribution in [0.15, 0.2) is 40.5 Å². The molecule has 0 spiro atoms. The summed E-state index contributed by atoms with van der Waals surface area (Å²) in [5.74, 6) is 1.35. The van der Waals surface area contributed by atoms with E-state index in [1.165, 1.54) is 4.88 Å². The SMILES string of the molecule is Cc1nc2ccc(CSC(=S)NCc3cccs3)cc2c(=O)[nH]1. The third-order valence-electron chi connectivity index (χ3n) is 3.25. The summed E-state index contributed by atoms with van der Waals surface area (Å²) in [5, 5.41) is 5.90. The van der Waals surface area contributed by atoms with Crippen molar-refractivity contribution in [1.29, 1.82) is 0 Å². The predicted octanol–water partition coefficient (Wildman–Crippen LogP) is 3.60. The molecule has 0 radical (unpaired) electrons. The highest BCUT2D eigenvalue weighted by molar-refractivity contribution is 8.22. The van der Waals surface area contributed by atoms with Gasteiger partial charge in [0.1, 0.15) is 10.1 Å². The van der Waals surface area contributed by atoms with Crippen LogP contribution in [-0.2, 0) is 12.3 Å². The van der Waals surface area contributed by atoms with E-state index in [-0.39, 0.29) is 5.56 Å². The van der Waals surface area contributed by atoms with Gasteiger partial charge in [0.25, 0.3) is 5.56 Å². The molecule has 7 heteroatoms. The van der Waals surface area contributed by atoms with Crippen LogP contribution in [0.2, 0.25) is 0 Å². The summed E-state index contributed by atoms with van der Waals surface area (Å²) in [7, 11) is 0. The Labute approximate surface area is 147 Å². The fourth-order valence-electron chi connectivity index (χ4n) is 2.16. The zero-order valence-corrected chi connectivity index (χ0v) is 14.9. The van der Waals surface area contributed by atoms with Gasteiger partial charge >= 0.3 is 0 Å². The first-order chi connectivity index (χ1) is 11.1. The monoisotopic (exact) mass is 361 g/mol. The molecule has 2 aromatic heterocycles. The van der Waals surface area contributed by atoms with E-state index in [2.05, 4.69) is 26.7 Å². The molecule has 0 unspecified atom stereocenters. The maximum atomic E-state index is 12.0. The zero-order chi connectivity index (χ0) is 16.2. The van der Waals surface area contributed by atoms with Gasteiger partial charge in [-0.3, -0.25) is 4.79 Å². The van der Waals surface area contributed by atoms with Gasteiger partial charge < -0.3 is 10.3 Å². The molecule has 0 aliphatic carbocycles. The molecular weight excluding hydrogens is 346 g/mol. The molecule has 0 bridgehead atoms. The average molecular weight is 362 g/mol. The van der Waals surface area contributed by atoms with E-state index in [9.17, 15) is 4.79 Å². The highest BCUT2D eigenvalue weighted by Crippen LogP contribution is 2.17. The van der Waals surface area contributed by atoms with Crippen LogP contribution in [0.1, 0.15) is 16.3 Å². The van der Waals surface area contributed by atoms with Crippen molar-refractivity contribution in [3.63, 3.8) is 0 Å². The number of hydrogen-bond acceptors (Lipinski definition) is 5. The molecule has 3 rings (SSSR count). The van der Waals surface area contributed by atoms with Crippen LogP contribution in [0.4, 0.5) is 0 Å². The second-order valence-electron chi connectivity index (χ2n) is 5.01. The van der Waals surface area contributed by atoms with Gasteiger partial charge in [0.05, 0.1) is 17.4 Å². The maximum absolute atomic E-state index is 12.0. The summed E-state index contributed by atoms with van der Waals surface area (Å²) < 4.78 is 0.759. The van der Waals surface area contributed by atoms with Crippen molar-refractivity contribution in [3.8, 4) is 0 Å². The molecule has 1 aromatic carbocycles. The average Bonchev–Trinajstić information content (AvgIpc) is 3.04. The van der Waals surface area contributed by atoms with E-state index in [1.54, 1.807) is 30.0 Å². The van der Waals surface area contributed by atoms with E-state index in [1.807, 2.05) is 24.3 Å². The number of nitrogens with zero attached hydrogens (tertiary/aromatic N) is 1. The number of hydrogen-bond donors (Lipinski definition) is 2. The van der Waals surface area contributed by atoms with Gasteiger partial charge in [-0.15, -0.1) is 11.3 Å². The number of benzene rings is 1. The Bertz CT molecular complexity index is 887. The van der Waals surface area contributed by atoms with Crippen molar-refractivity contribution < 1.29 is 0 Å².